The maximum absolute atomic E-state index is 13.1. The number of unbranched alkanes of at least 4 members (excludes halogenated alkanes) is 1. The lowest BCUT2D eigenvalue weighted by Crippen LogP contribution is -2.47. The Morgan fingerprint density at radius 3 is 2.58 bits per heavy atom. The van der Waals surface area contributed by atoms with Crippen molar-refractivity contribution in [2.75, 3.05) is 19.6 Å². The smallest absolute Gasteiger partial charge is 0.224 e. The van der Waals surface area contributed by atoms with Gasteiger partial charge in [-0.3, -0.25) is 9.59 Å². The predicted molar refractivity (Wildman–Crippen MR) is 99.7 cm³/mol. The Morgan fingerprint density at radius 2 is 1.96 bits per heavy atom. The number of hydrogen-bond acceptors (Lipinski definition) is 3. The summed E-state index contributed by atoms with van der Waals surface area (Å²) < 4.78 is 13.1. The van der Waals surface area contributed by atoms with E-state index < -0.39 is 0 Å². The van der Waals surface area contributed by atoms with Gasteiger partial charge in [-0.1, -0.05) is 26.0 Å². The summed E-state index contributed by atoms with van der Waals surface area (Å²) in [6, 6.07) is 6.19. The zero-order chi connectivity index (χ0) is 19.1. The maximum Gasteiger partial charge on any atom is 0.224 e. The summed E-state index contributed by atoms with van der Waals surface area (Å²) in [5.41, 5.74) is 6.40. The highest BCUT2D eigenvalue weighted by molar-refractivity contribution is 5.80. The lowest BCUT2D eigenvalue weighted by atomic mass is 10.0. The summed E-state index contributed by atoms with van der Waals surface area (Å²) in [7, 11) is 0. The number of nitrogens with zero attached hydrogens (tertiary/aromatic N) is 2. The van der Waals surface area contributed by atoms with Crippen LogP contribution in [0.1, 0.15) is 45.1 Å². The molecule has 6 heteroatoms. The molecule has 0 aliphatic carbocycles. The van der Waals surface area contributed by atoms with E-state index in [1.165, 1.54) is 12.1 Å². The van der Waals surface area contributed by atoms with E-state index in [9.17, 15) is 14.0 Å². The number of rotatable bonds is 7. The molecule has 26 heavy (non-hydrogen) atoms. The first-order valence-corrected chi connectivity index (χ1v) is 9.44. The number of halogens is 1. The lowest BCUT2D eigenvalue weighted by Gasteiger charge is -2.34. The van der Waals surface area contributed by atoms with Gasteiger partial charge in [-0.15, -0.1) is 0 Å². The molecule has 1 aromatic carbocycles. The highest BCUT2D eigenvalue weighted by Crippen LogP contribution is 2.22. The lowest BCUT2D eigenvalue weighted by molar-refractivity contribution is -0.134. The summed E-state index contributed by atoms with van der Waals surface area (Å²) in [6.07, 6.45) is 2.43. The van der Waals surface area contributed by atoms with E-state index in [-0.39, 0.29) is 29.6 Å². The third-order valence-corrected chi connectivity index (χ3v) is 4.96. The molecular weight excluding hydrogens is 333 g/mol. The number of nitrogens with two attached hydrogens (primary N) is 1. The summed E-state index contributed by atoms with van der Waals surface area (Å²) >= 11 is 0. The number of carbonyl (C=O) groups excluding carboxylic acids is 2. The van der Waals surface area contributed by atoms with Crippen LogP contribution in [-0.2, 0) is 16.1 Å². The molecule has 1 heterocycles. The minimum atomic E-state index is -0.286. The number of hydrogen-bond donors (Lipinski definition) is 1. The van der Waals surface area contributed by atoms with Crippen molar-refractivity contribution < 1.29 is 14.0 Å². The molecule has 0 saturated carbocycles. The molecule has 2 rings (SSSR count). The van der Waals surface area contributed by atoms with Crippen molar-refractivity contribution in [2.24, 2.45) is 11.7 Å². The van der Waals surface area contributed by atoms with E-state index in [0.717, 1.165) is 18.4 Å². The Morgan fingerprint density at radius 1 is 1.27 bits per heavy atom. The molecule has 1 aliphatic rings. The Labute approximate surface area is 155 Å². The molecule has 2 amide bonds. The molecular formula is C20H30FN3O2. The fourth-order valence-corrected chi connectivity index (χ4v) is 3.34. The largest absolute Gasteiger partial charge is 0.340 e. The average Bonchev–Trinajstić information content (AvgIpc) is 2.77. The normalized spacial score (nSPS) is 18.3. The van der Waals surface area contributed by atoms with Crippen molar-refractivity contribution in [3.63, 3.8) is 0 Å². The van der Waals surface area contributed by atoms with E-state index in [2.05, 4.69) is 13.8 Å². The van der Waals surface area contributed by atoms with Gasteiger partial charge < -0.3 is 15.5 Å². The third-order valence-electron chi connectivity index (χ3n) is 4.96. The van der Waals surface area contributed by atoms with Crippen molar-refractivity contribution in [1.29, 1.82) is 0 Å². The van der Waals surface area contributed by atoms with Crippen LogP contribution in [0, 0.1) is 11.7 Å². The zero-order valence-electron chi connectivity index (χ0n) is 15.8. The van der Waals surface area contributed by atoms with Gasteiger partial charge in [-0.25, -0.2) is 4.39 Å². The molecule has 0 aromatic heterocycles. The highest BCUT2D eigenvalue weighted by Gasteiger charge is 2.33. The monoisotopic (exact) mass is 363 g/mol. The second kappa shape index (κ2) is 9.67. The van der Waals surface area contributed by atoms with Crippen LogP contribution in [0.3, 0.4) is 0 Å². The van der Waals surface area contributed by atoms with Gasteiger partial charge in [0, 0.05) is 32.5 Å². The summed E-state index contributed by atoms with van der Waals surface area (Å²) in [4.78, 5) is 28.9. The molecule has 0 unspecified atom stereocenters. The third kappa shape index (κ3) is 5.53. The van der Waals surface area contributed by atoms with Gasteiger partial charge in [0.25, 0.3) is 0 Å². The molecule has 1 aliphatic heterocycles. The molecule has 1 atom stereocenters. The van der Waals surface area contributed by atoms with E-state index in [0.29, 0.717) is 39.0 Å². The maximum atomic E-state index is 13.1. The number of amides is 2. The molecule has 5 nitrogen and oxygen atoms in total. The Bertz CT molecular complexity index is 604. The van der Waals surface area contributed by atoms with Crippen LogP contribution in [0.15, 0.2) is 24.3 Å². The van der Waals surface area contributed by atoms with Crippen molar-refractivity contribution in [1.82, 2.24) is 9.80 Å². The molecule has 144 valence electrons. The fraction of sp³-hybridized carbons (Fsp3) is 0.600. The van der Waals surface area contributed by atoms with Gasteiger partial charge in [0.2, 0.25) is 11.8 Å². The highest BCUT2D eigenvalue weighted by atomic mass is 19.1. The average molecular weight is 363 g/mol. The van der Waals surface area contributed by atoms with Gasteiger partial charge in [0.15, 0.2) is 0 Å². The second-order valence-electron chi connectivity index (χ2n) is 7.30. The van der Waals surface area contributed by atoms with E-state index in [1.54, 1.807) is 12.1 Å². The molecule has 1 aromatic rings. The molecule has 1 saturated heterocycles. The van der Waals surface area contributed by atoms with E-state index >= 15 is 0 Å². The fourth-order valence-electron chi connectivity index (χ4n) is 3.34. The van der Waals surface area contributed by atoms with E-state index in [1.807, 2.05) is 9.80 Å². The second-order valence-corrected chi connectivity index (χ2v) is 7.30. The van der Waals surface area contributed by atoms with Crippen LogP contribution >= 0.6 is 0 Å². The molecule has 2 N–H and O–H groups in total. The molecule has 0 spiro atoms. The zero-order valence-corrected chi connectivity index (χ0v) is 15.8. The van der Waals surface area contributed by atoms with Crippen LogP contribution in [0.4, 0.5) is 4.39 Å². The van der Waals surface area contributed by atoms with Crippen LogP contribution in [0.2, 0.25) is 0 Å². The van der Waals surface area contributed by atoms with Gasteiger partial charge in [0.1, 0.15) is 5.82 Å². The van der Waals surface area contributed by atoms with Gasteiger partial charge >= 0.3 is 0 Å². The first-order chi connectivity index (χ1) is 12.4. The first kappa shape index (κ1) is 20.4. The Balaban J connectivity index is 2.11. The summed E-state index contributed by atoms with van der Waals surface area (Å²) in [6.45, 7) is 6.18. The topological polar surface area (TPSA) is 66.6 Å². The molecule has 1 fully saturated rings. The van der Waals surface area contributed by atoms with Crippen molar-refractivity contribution in [3.05, 3.63) is 35.6 Å². The predicted octanol–water partition coefficient (Wildman–Crippen LogP) is 2.54. The van der Waals surface area contributed by atoms with Crippen molar-refractivity contribution in [3.8, 4) is 0 Å². The van der Waals surface area contributed by atoms with Gasteiger partial charge in [0.05, 0.1) is 6.04 Å². The summed E-state index contributed by atoms with van der Waals surface area (Å²) in [5.74, 6) is 0.0771. The van der Waals surface area contributed by atoms with Crippen molar-refractivity contribution in [2.45, 2.75) is 52.1 Å². The van der Waals surface area contributed by atoms with E-state index in [4.69, 9.17) is 5.73 Å². The first-order valence-electron chi connectivity index (χ1n) is 9.44. The van der Waals surface area contributed by atoms with Crippen LogP contribution in [0.5, 0.6) is 0 Å². The van der Waals surface area contributed by atoms with Gasteiger partial charge in [-0.2, -0.15) is 0 Å². The van der Waals surface area contributed by atoms with Gasteiger partial charge in [-0.05, 0) is 43.0 Å². The van der Waals surface area contributed by atoms with Crippen LogP contribution in [-0.4, -0.2) is 47.3 Å². The quantitative estimate of drug-likeness (QED) is 0.757. The number of carbonyl (C=O) groups is 2. The standard InChI is InChI=1S/C20H30FN3O2/c1-15(2)18-14-23(19(25)5-3-4-11-22)12-10-20(26)24(18)13-16-6-8-17(21)9-7-16/h6-9,15,18H,3-5,10-14,22H2,1-2H3/t18-/m1/s1. The molecule has 0 radical (unpaired) electrons. The van der Waals surface area contributed by atoms with Crippen LogP contribution < -0.4 is 5.73 Å². The Hall–Kier alpha value is -1.95. The number of benzene rings is 1. The molecule has 0 bridgehead atoms. The SMILES string of the molecule is CC(C)[C@H]1CN(C(=O)CCCCN)CCC(=O)N1Cc1ccc(F)cc1. The minimum Gasteiger partial charge on any atom is -0.340 e. The Kier molecular flexibility index (Phi) is 7.57. The minimum absolute atomic E-state index is 0.0466. The van der Waals surface area contributed by atoms with Crippen LogP contribution in [0.25, 0.3) is 0 Å². The summed E-state index contributed by atoms with van der Waals surface area (Å²) in [5, 5.41) is 0. The van der Waals surface area contributed by atoms with Crippen molar-refractivity contribution >= 4 is 11.8 Å².